The maximum atomic E-state index is 14.2. The Hall–Kier alpha value is -2.58. The lowest BCUT2D eigenvalue weighted by Gasteiger charge is -2.37. The molecule has 2 aromatic rings. The first-order chi connectivity index (χ1) is 15.3. The third-order valence-corrected chi connectivity index (χ3v) is 6.84. The molecule has 0 bridgehead atoms. The summed E-state index contributed by atoms with van der Waals surface area (Å²) in [7, 11) is 0. The van der Waals surface area contributed by atoms with Gasteiger partial charge in [-0.15, -0.1) is 0 Å². The molecule has 3 fully saturated rings. The summed E-state index contributed by atoms with van der Waals surface area (Å²) in [6.07, 6.45) is 1.19. The van der Waals surface area contributed by atoms with E-state index in [4.69, 9.17) is 16.3 Å². The van der Waals surface area contributed by atoms with Crippen molar-refractivity contribution in [2.24, 2.45) is 0 Å². The van der Waals surface area contributed by atoms with E-state index in [9.17, 15) is 22.8 Å². The number of carbonyl (C=O) groups excluding carboxylic acids is 2. The molecule has 0 unspecified atom stereocenters. The number of carbonyl (C=O) groups is 2. The Balaban J connectivity index is 1.32. The molecule has 3 saturated heterocycles. The number of piperidine rings is 1. The zero-order chi connectivity index (χ0) is 22.6. The molecule has 1 spiro atoms. The smallest absolute Gasteiger partial charge is 0.257 e. The van der Waals surface area contributed by atoms with Crippen LogP contribution in [0, 0.1) is 17.5 Å². The fourth-order valence-electron chi connectivity index (χ4n) is 5.04. The number of likely N-dealkylation sites (tertiary alicyclic amines) is 1. The van der Waals surface area contributed by atoms with Crippen molar-refractivity contribution < 1.29 is 27.5 Å². The average Bonchev–Trinajstić information content (AvgIpc) is 3.26. The molecule has 2 aromatic carbocycles. The standard InChI is InChI=1S/C23H20ClF3N2O3/c24-14-1-2-17(18(27)11-14)21(30)28-7-5-23(6-8-28)22(31)29-19(3-4-20(29)32-23)13-9-15(25)12-16(26)10-13/h1-2,9-12,19-20H,3-8H2/t19-,20+/m0/s1. The predicted octanol–water partition coefficient (Wildman–Crippen LogP) is 4.45. The molecule has 0 N–H and O–H groups in total. The fraction of sp³-hybridized carbons (Fsp3) is 0.391. The van der Waals surface area contributed by atoms with Crippen molar-refractivity contribution >= 4 is 23.4 Å². The van der Waals surface area contributed by atoms with Crippen LogP contribution in [0.3, 0.4) is 0 Å². The Kier molecular flexibility index (Phi) is 5.17. The van der Waals surface area contributed by atoms with E-state index in [1.54, 1.807) is 4.90 Å². The van der Waals surface area contributed by atoms with Crippen LogP contribution in [0.2, 0.25) is 5.02 Å². The summed E-state index contributed by atoms with van der Waals surface area (Å²) >= 11 is 5.76. The minimum absolute atomic E-state index is 0.0715. The molecule has 168 valence electrons. The molecule has 0 aromatic heterocycles. The average molecular weight is 465 g/mol. The van der Waals surface area contributed by atoms with Crippen molar-refractivity contribution in [3.8, 4) is 0 Å². The second kappa shape index (κ2) is 7.78. The molecule has 0 saturated carbocycles. The van der Waals surface area contributed by atoms with Gasteiger partial charge in [0, 0.05) is 37.0 Å². The van der Waals surface area contributed by atoms with Crippen molar-refractivity contribution in [1.29, 1.82) is 0 Å². The molecular weight excluding hydrogens is 445 g/mol. The normalized spacial score (nSPS) is 24.3. The van der Waals surface area contributed by atoms with E-state index in [-0.39, 0.29) is 42.4 Å². The van der Waals surface area contributed by atoms with Gasteiger partial charge in [0.05, 0.1) is 11.6 Å². The molecule has 32 heavy (non-hydrogen) atoms. The first-order valence-corrected chi connectivity index (χ1v) is 10.9. The minimum atomic E-state index is -1.08. The van der Waals surface area contributed by atoms with E-state index in [0.29, 0.717) is 18.4 Å². The zero-order valence-corrected chi connectivity index (χ0v) is 17.7. The van der Waals surface area contributed by atoms with Crippen LogP contribution in [0.1, 0.15) is 47.6 Å². The Morgan fingerprint density at radius 2 is 1.72 bits per heavy atom. The largest absolute Gasteiger partial charge is 0.342 e. The lowest BCUT2D eigenvalue weighted by Crippen LogP contribution is -2.51. The Labute approximate surface area is 187 Å². The van der Waals surface area contributed by atoms with E-state index in [1.165, 1.54) is 29.2 Å². The van der Waals surface area contributed by atoms with Gasteiger partial charge in [0.1, 0.15) is 23.7 Å². The maximum absolute atomic E-state index is 14.2. The summed E-state index contributed by atoms with van der Waals surface area (Å²) < 4.78 is 47.8. The van der Waals surface area contributed by atoms with Gasteiger partial charge in [0.2, 0.25) is 0 Å². The van der Waals surface area contributed by atoms with Gasteiger partial charge in [-0.2, -0.15) is 0 Å². The van der Waals surface area contributed by atoms with Crippen LogP contribution < -0.4 is 0 Å². The first kappa shape index (κ1) is 21.3. The van der Waals surface area contributed by atoms with E-state index >= 15 is 0 Å². The third kappa shape index (κ3) is 3.46. The second-order valence-electron chi connectivity index (χ2n) is 8.49. The molecule has 2 atom stereocenters. The second-order valence-corrected chi connectivity index (χ2v) is 8.93. The van der Waals surface area contributed by atoms with Crippen LogP contribution in [0.15, 0.2) is 36.4 Å². The van der Waals surface area contributed by atoms with Crippen molar-refractivity contribution in [1.82, 2.24) is 9.80 Å². The van der Waals surface area contributed by atoms with Crippen LogP contribution in [-0.4, -0.2) is 46.5 Å². The molecule has 3 aliphatic heterocycles. The summed E-state index contributed by atoms with van der Waals surface area (Å²) in [4.78, 5) is 29.2. The van der Waals surface area contributed by atoms with Gasteiger partial charge in [-0.25, -0.2) is 13.2 Å². The quantitative estimate of drug-likeness (QED) is 0.659. The molecule has 2 amide bonds. The number of rotatable bonds is 2. The number of ether oxygens (including phenoxy) is 1. The Bertz CT molecular complexity index is 1080. The first-order valence-electron chi connectivity index (χ1n) is 10.5. The van der Waals surface area contributed by atoms with Gasteiger partial charge in [-0.3, -0.25) is 9.59 Å². The lowest BCUT2D eigenvalue weighted by molar-refractivity contribution is -0.142. The number of benzene rings is 2. The molecule has 9 heteroatoms. The van der Waals surface area contributed by atoms with Gasteiger partial charge in [-0.05, 0) is 48.7 Å². The van der Waals surface area contributed by atoms with E-state index in [0.717, 1.165) is 12.1 Å². The lowest BCUT2D eigenvalue weighted by atomic mass is 9.89. The van der Waals surface area contributed by atoms with Gasteiger partial charge in [0.25, 0.3) is 11.8 Å². The molecule has 5 nitrogen and oxygen atoms in total. The summed E-state index contributed by atoms with van der Waals surface area (Å²) in [5.41, 5.74) is -0.743. The molecule has 3 aliphatic rings. The number of hydrogen-bond acceptors (Lipinski definition) is 3. The van der Waals surface area contributed by atoms with Crippen LogP contribution in [-0.2, 0) is 9.53 Å². The van der Waals surface area contributed by atoms with Gasteiger partial charge in [-0.1, -0.05) is 11.6 Å². The van der Waals surface area contributed by atoms with Crippen LogP contribution in [0.25, 0.3) is 0 Å². The van der Waals surface area contributed by atoms with Crippen LogP contribution in [0.5, 0.6) is 0 Å². The highest BCUT2D eigenvalue weighted by Gasteiger charge is 2.58. The maximum Gasteiger partial charge on any atom is 0.257 e. The molecule has 3 heterocycles. The number of hydrogen-bond donors (Lipinski definition) is 0. The summed E-state index contributed by atoms with van der Waals surface area (Å²) in [6.45, 7) is 0.457. The monoisotopic (exact) mass is 464 g/mol. The van der Waals surface area contributed by atoms with Gasteiger partial charge < -0.3 is 14.5 Å². The molecule has 0 radical (unpaired) electrons. The zero-order valence-electron chi connectivity index (χ0n) is 17.0. The molecule has 5 rings (SSSR count). The molecule has 0 aliphatic carbocycles. The van der Waals surface area contributed by atoms with E-state index < -0.39 is 41.2 Å². The summed E-state index contributed by atoms with van der Waals surface area (Å²) in [5, 5.41) is 0.204. The third-order valence-electron chi connectivity index (χ3n) is 6.61. The highest BCUT2D eigenvalue weighted by atomic mass is 35.5. The van der Waals surface area contributed by atoms with Crippen LogP contribution >= 0.6 is 11.6 Å². The van der Waals surface area contributed by atoms with Crippen molar-refractivity contribution in [3.05, 3.63) is 70.0 Å². The van der Waals surface area contributed by atoms with E-state index in [1.807, 2.05) is 0 Å². The number of fused-ring (bicyclic) bond motifs is 1. The number of halogens is 4. The number of nitrogens with zero attached hydrogens (tertiary/aromatic N) is 2. The van der Waals surface area contributed by atoms with Crippen molar-refractivity contribution in [2.75, 3.05) is 13.1 Å². The highest BCUT2D eigenvalue weighted by Crippen LogP contribution is 2.47. The summed E-state index contributed by atoms with van der Waals surface area (Å²) in [5.74, 6) is -2.76. The minimum Gasteiger partial charge on any atom is -0.342 e. The topological polar surface area (TPSA) is 49.9 Å². The number of amides is 2. The van der Waals surface area contributed by atoms with Crippen molar-refractivity contribution in [2.45, 2.75) is 43.6 Å². The van der Waals surface area contributed by atoms with E-state index in [2.05, 4.69) is 0 Å². The highest BCUT2D eigenvalue weighted by molar-refractivity contribution is 6.30. The van der Waals surface area contributed by atoms with Gasteiger partial charge in [0.15, 0.2) is 5.60 Å². The Morgan fingerprint density at radius 3 is 2.38 bits per heavy atom. The Morgan fingerprint density at radius 1 is 1.03 bits per heavy atom. The van der Waals surface area contributed by atoms with Crippen molar-refractivity contribution in [3.63, 3.8) is 0 Å². The molecular formula is C23H20ClF3N2O3. The van der Waals surface area contributed by atoms with Gasteiger partial charge >= 0.3 is 0 Å². The fourth-order valence-corrected chi connectivity index (χ4v) is 5.20. The van der Waals surface area contributed by atoms with Crippen LogP contribution in [0.4, 0.5) is 13.2 Å². The SMILES string of the molecule is O=C(c1ccc(Cl)cc1F)N1CCC2(CC1)O[C@@H]1CC[C@@H](c3cc(F)cc(F)c3)N1C2=O. The summed E-state index contributed by atoms with van der Waals surface area (Å²) in [6, 6.07) is 6.73. The predicted molar refractivity (Wildman–Crippen MR) is 109 cm³/mol.